The molecular weight excluding hydrogens is 280 g/mol. The van der Waals surface area contributed by atoms with E-state index in [1.165, 1.54) is 7.11 Å². The second kappa shape index (κ2) is 6.81. The number of carbonyl (C=O) groups is 1. The maximum Gasteiger partial charge on any atom is 0.408 e. The molecule has 20 heavy (non-hydrogen) atoms. The van der Waals surface area contributed by atoms with Crippen LogP contribution in [0.1, 0.15) is 32.4 Å². The molecule has 0 radical (unpaired) electrons. The number of methoxy groups -OCH3 is 1. The highest BCUT2D eigenvalue weighted by molar-refractivity contribution is 6.31. The van der Waals surface area contributed by atoms with E-state index >= 15 is 0 Å². The first-order chi connectivity index (χ1) is 9.28. The van der Waals surface area contributed by atoms with Crippen LogP contribution in [0.15, 0.2) is 18.2 Å². The molecule has 0 bridgehead atoms. The summed E-state index contributed by atoms with van der Waals surface area (Å²) in [5, 5.41) is 3.19. The Balaban J connectivity index is 2.94. The molecule has 1 aromatic rings. The first-order valence-electron chi connectivity index (χ1n) is 6.30. The second-order valence-corrected chi connectivity index (χ2v) is 5.70. The van der Waals surface area contributed by atoms with Gasteiger partial charge in [-0.1, -0.05) is 17.7 Å². The summed E-state index contributed by atoms with van der Waals surface area (Å²) in [5.41, 5.74) is 5.79. The van der Waals surface area contributed by atoms with Crippen LogP contribution < -0.4 is 15.8 Å². The zero-order chi connectivity index (χ0) is 15.3. The highest BCUT2D eigenvalue weighted by Gasteiger charge is 2.23. The molecule has 0 aliphatic carbocycles. The van der Waals surface area contributed by atoms with Crippen molar-refractivity contribution in [3.63, 3.8) is 0 Å². The fraction of sp³-hybridized carbons (Fsp3) is 0.500. The largest absolute Gasteiger partial charge is 0.496 e. The van der Waals surface area contributed by atoms with Gasteiger partial charge in [0.15, 0.2) is 0 Å². The van der Waals surface area contributed by atoms with Crippen LogP contribution in [-0.4, -0.2) is 25.3 Å². The van der Waals surface area contributed by atoms with E-state index in [-0.39, 0.29) is 6.54 Å². The van der Waals surface area contributed by atoms with Crippen LogP contribution in [0.25, 0.3) is 0 Å². The molecule has 1 amide bonds. The summed E-state index contributed by atoms with van der Waals surface area (Å²) in [6.07, 6.45) is -0.546. The van der Waals surface area contributed by atoms with Gasteiger partial charge in [0.2, 0.25) is 0 Å². The molecule has 1 rings (SSSR count). The number of hydrogen-bond acceptors (Lipinski definition) is 4. The normalized spacial score (nSPS) is 12.7. The van der Waals surface area contributed by atoms with Crippen LogP contribution in [0.2, 0.25) is 5.02 Å². The molecule has 112 valence electrons. The lowest BCUT2D eigenvalue weighted by atomic mass is 10.1. The second-order valence-electron chi connectivity index (χ2n) is 5.29. The Morgan fingerprint density at radius 3 is 2.60 bits per heavy atom. The lowest BCUT2D eigenvalue weighted by Crippen LogP contribution is -2.38. The lowest BCUT2D eigenvalue weighted by Gasteiger charge is -2.24. The molecule has 0 aliphatic heterocycles. The third-order valence-electron chi connectivity index (χ3n) is 2.51. The van der Waals surface area contributed by atoms with Crippen molar-refractivity contribution in [2.24, 2.45) is 5.73 Å². The highest BCUT2D eigenvalue weighted by atomic mass is 35.5. The van der Waals surface area contributed by atoms with Gasteiger partial charge in [-0.05, 0) is 32.9 Å². The van der Waals surface area contributed by atoms with Crippen molar-refractivity contribution in [3.05, 3.63) is 28.8 Å². The van der Waals surface area contributed by atoms with Gasteiger partial charge in [0, 0.05) is 17.1 Å². The van der Waals surface area contributed by atoms with Crippen LogP contribution in [0, 0.1) is 0 Å². The zero-order valence-electron chi connectivity index (χ0n) is 12.2. The number of ether oxygens (including phenoxy) is 2. The van der Waals surface area contributed by atoms with Gasteiger partial charge in [-0.3, -0.25) is 0 Å². The molecule has 1 unspecified atom stereocenters. The standard InChI is InChI=1S/C14H21ClN2O3/c1-14(2,3)20-13(18)17-10(8-16)12-9(15)6-5-7-11(12)19-4/h5-7,10H,8,16H2,1-4H3,(H,17,18). The van der Waals surface area contributed by atoms with Crippen molar-refractivity contribution in [1.82, 2.24) is 5.32 Å². The number of nitrogens with two attached hydrogens (primary N) is 1. The topological polar surface area (TPSA) is 73.6 Å². The molecule has 1 atom stereocenters. The van der Waals surface area contributed by atoms with Crippen LogP contribution in [0.3, 0.4) is 0 Å². The predicted octanol–water partition coefficient (Wildman–Crippen LogP) is 2.87. The molecule has 0 aliphatic rings. The van der Waals surface area contributed by atoms with E-state index in [1.807, 2.05) is 0 Å². The molecule has 3 N–H and O–H groups in total. The van der Waals surface area contributed by atoms with Gasteiger partial charge in [-0.2, -0.15) is 0 Å². The summed E-state index contributed by atoms with van der Waals surface area (Å²) < 4.78 is 10.5. The van der Waals surface area contributed by atoms with Crippen molar-refractivity contribution in [3.8, 4) is 5.75 Å². The predicted molar refractivity (Wildman–Crippen MR) is 79.2 cm³/mol. The van der Waals surface area contributed by atoms with Crippen molar-refractivity contribution in [2.45, 2.75) is 32.4 Å². The Morgan fingerprint density at radius 1 is 1.45 bits per heavy atom. The number of alkyl carbamates (subject to hydrolysis) is 1. The molecule has 0 saturated heterocycles. The number of nitrogens with one attached hydrogen (secondary N) is 1. The van der Waals surface area contributed by atoms with Gasteiger partial charge in [-0.25, -0.2) is 4.79 Å². The van der Waals surface area contributed by atoms with Gasteiger partial charge in [0.1, 0.15) is 11.4 Å². The first-order valence-corrected chi connectivity index (χ1v) is 6.68. The number of hydrogen-bond donors (Lipinski definition) is 2. The Morgan fingerprint density at radius 2 is 2.10 bits per heavy atom. The summed E-state index contributed by atoms with van der Waals surface area (Å²) in [5.74, 6) is 0.573. The van der Waals surface area contributed by atoms with Gasteiger partial charge < -0.3 is 20.5 Å². The fourth-order valence-electron chi connectivity index (χ4n) is 1.73. The fourth-order valence-corrected chi connectivity index (χ4v) is 2.03. The summed E-state index contributed by atoms with van der Waals surface area (Å²) in [6, 6.07) is 4.78. The molecule has 6 heteroatoms. The highest BCUT2D eigenvalue weighted by Crippen LogP contribution is 2.31. The van der Waals surface area contributed by atoms with E-state index in [0.717, 1.165) is 0 Å². The minimum atomic E-state index is -0.576. The number of halogens is 1. The Kier molecular flexibility index (Phi) is 5.65. The van der Waals surface area contributed by atoms with Gasteiger partial charge in [0.05, 0.1) is 13.2 Å². The van der Waals surface area contributed by atoms with E-state index in [0.29, 0.717) is 16.3 Å². The third kappa shape index (κ3) is 4.58. The molecule has 0 heterocycles. The van der Waals surface area contributed by atoms with E-state index < -0.39 is 17.7 Å². The van der Waals surface area contributed by atoms with Crippen molar-refractivity contribution in [2.75, 3.05) is 13.7 Å². The van der Waals surface area contributed by atoms with E-state index in [2.05, 4.69) is 5.32 Å². The first kappa shape index (κ1) is 16.6. The summed E-state index contributed by atoms with van der Waals surface area (Å²) in [7, 11) is 1.54. The van der Waals surface area contributed by atoms with E-state index in [9.17, 15) is 4.79 Å². The average molecular weight is 301 g/mol. The molecule has 1 aromatic carbocycles. The van der Waals surface area contributed by atoms with Crippen molar-refractivity contribution >= 4 is 17.7 Å². The monoisotopic (exact) mass is 300 g/mol. The molecule has 0 fully saturated rings. The number of carbonyl (C=O) groups excluding carboxylic acids is 1. The molecule has 0 spiro atoms. The number of amides is 1. The van der Waals surface area contributed by atoms with Crippen molar-refractivity contribution in [1.29, 1.82) is 0 Å². The van der Waals surface area contributed by atoms with E-state index in [4.69, 9.17) is 26.8 Å². The molecular formula is C14H21ClN2O3. The Bertz CT molecular complexity index is 472. The van der Waals surface area contributed by atoms with Gasteiger partial charge >= 0.3 is 6.09 Å². The third-order valence-corrected chi connectivity index (χ3v) is 2.84. The maximum absolute atomic E-state index is 11.8. The van der Waals surface area contributed by atoms with E-state index in [1.54, 1.807) is 39.0 Å². The minimum absolute atomic E-state index is 0.180. The average Bonchev–Trinajstić information content (AvgIpc) is 2.33. The summed E-state index contributed by atoms with van der Waals surface area (Å²) >= 11 is 6.17. The maximum atomic E-state index is 11.8. The minimum Gasteiger partial charge on any atom is -0.496 e. The Labute approximate surface area is 124 Å². The number of benzene rings is 1. The number of rotatable bonds is 4. The summed E-state index contributed by atoms with van der Waals surface area (Å²) in [4.78, 5) is 11.8. The van der Waals surface area contributed by atoms with Crippen LogP contribution in [-0.2, 0) is 4.74 Å². The lowest BCUT2D eigenvalue weighted by molar-refractivity contribution is 0.0505. The Hall–Kier alpha value is -1.46. The SMILES string of the molecule is COc1cccc(Cl)c1C(CN)NC(=O)OC(C)(C)C. The van der Waals surface area contributed by atoms with Crippen LogP contribution in [0.5, 0.6) is 5.75 Å². The van der Waals surface area contributed by atoms with Gasteiger partial charge in [-0.15, -0.1) is 0 Å². The van der Waals surface area contributed by atoms with Crippen LogP contribution >= 0.6 is 11.6 Å². The molecule has 0 saturated carbocycles. The summed E-state index contributed by atoms with van der Waals surface area (Å²) in [6.45, 7) is 5.56. The van der Waals surface area contributed by atoms with Gasteiger partial charge in [0.25, 0.3) is 0 Å². The quantitative estimate of drug-likeness (QED) is 0.896. The van der Waals surface area contributed by atoms with Crippen LogP contribution in [0.4, 0.5) is 4.79 Å². The van der Waals surface area contributed by atoms with Crippen molar-refractivity contribution < 1.29 is 14.3 Å². The molecule has 5 nitrogen and oxygen atoms in total. The smallest absolute Gasteiger partial charge is 0.408 e. The zero-order valence-corrected chi connectivity index (χ0v) is 13.0. The molecule has 0 aromatic heterocycles.